The molecule has 3 heterocycles. The largest absolute Gasteiger partial charge is 0.491 e. The zero-order chi connectivity index (χ0) is 18.1. The van der Waals surface area contributed by atoms with Crippen LogP contribution in [0, 0.1) is 0 Å². The van der Waals surface area contributed by atoms with Crippen LogP contribution in [-0.4, -0.2) is 43.6 Å². The van der Waals surface area contributed by atoms with Crippen LogP contribution < -0.4 is 9.47 Å². The second-order valence-electron chi connectivity index (χ2n) is 6.87. The summed E-state index contributed by atoms with van der Waals surface area (Å²) in [5, 5.41) is 0. The van der Waals surface area contributed by atoms with Crippen LogP contribution in [0.1, 0.15) is 0 Å². The lowest BCUT2D eigenvalue weighted by atomic mass is 10.1. The summed E-state index contributed by atoms with van der Waals surface area (Å²) in [6.07, 6.45) is 0.545. The van der Waals surface area contributed by atoms with Gasteiger partial charge in [0, 0.05) is 11.4 Å². The maximum absolute atomic E-state index is 5.69. The van der Waals surface area contributed by atoms with Crippen molar-refractivity contribution in [1.82, 2.24) is 4.98 Å². The number of nitrogens with one attached hydrogen (secondary N) is 1. The van der Waals surface area contributed by atoms with Crippen molar-refractivity contribution in [2.24, 2.45) is 0 Å². The van der Waals surface area contributed by atoms with Gasteiger partial charge in [-0.3, -0.25) is 0 Å². The summed E-state index contributed by atoms with van der Waals surface area (Å²) < 4.78 is 21.7. The van der Waals surface area contributed by atoms with Crippen LogP contribution in [0.2, 0.25) is 0 Å². The number of ether oxygens (including phenoxy) is 4. The van der Waals surface area contributed by atoms with Crippen molar-refractivity contribution in [3.63, 3.8) is 0 Å². The number of hydrogen-bond acceptors (Lipinski definition) is 4. The topological polar surface area (TPSA) is 59.3 Å². The lowest BCUT2D eigenvalue weighted by Crippen LogP contribution is -2.03. The van der Waals surface area contributed by atoms with Gasteiger partial charge in [0.25, 0.3) is 0 Å². The smallest absolute Gasteiger partial charge is 0.119 e. The van der Waals surface area contributed by atoms with Crippen LogP contribution in [0.3, 0.4) is 0 Å². The number of hydrogen-bond donors (Lipinski definition) is 1. The second-order valence-corrected chi connectivity index (χ2v) is 6.87. The van der Waals surface area contributed by atoms with Crippen molar-refractivity contribution in [3.8, 4) is 34.0 Å². The Bertz CT molecular complexity index is 819. The molecule has 3 aromatic rings. The van der Waals surface area contributed by atoms with Crippen LogP contribution in [0.15, 0.2) is 60.7 Å². The molecule has 2 unspecified atom stereocenters. The highest BCUT2D eigenvalue weighted by Gasteiger charge is 2.23. The molecule has 0 aliphatic carbocycles. The number of rotatable bonds is 8. The number of H-pyrrole nitrogens is 1. The fourth-order valence-electron chi connectivity index (χ4n) is 2.90. The molecule has 2 atom stereocenters. The molecular weight excluding hydrogens is 342 g/mol. The van der Waals surface area contributed by atoms with Crippen molar-refractivity contribution in [1.29, 1.82) is 0 Å². The van der Waals surface area contributed by atoms with Crippen molar-refractivity contribution in [2.45, 2.75) is 12.2 Å². The molecule has 2 aliphatic heterocycles. The summed E-state index contributed by atoms with van der Waals surface area (Å²) in [7, 11) is 0. The van der Waals surface area contributed by atoms with Crippen LogP contribution in [0.5, 0.6) is 11.5 Å². The lowest BCUT2D eigenvalue weighted by molar-refractivity contribution is 0.263. The van der Waals surface area contributed by atoms with Gasteiger partial charge in [-0.15, -0.1) is 0 Å². The molecule has 5 nitrogen and oxygen atoms in total. The predicted octanol–water partition coefficient (Wildman–Crippen LogP) is 3.90. The fourth-order valence-corrected chi connectivity index (χ4v) is 2.90. The Hall–Kier alpha value is -2.76. The van der Waals surface area contributed by atoms with Gasteiger partial charge in [-0.1, -0.05) is 0 Å². The summed E-state index contributed by atoms with van der Waals surface area (Å²) in [5.41, 5.74) is 4.41. The summed E-state index contributed by atoms with van der Waals surface area (Å²) in [5.74, 6) is 1.74. The normalized spacial score (nSPS) is 20.3. The molecule has 2 fully saturated rings. The van der Waals surface area contributed by atoms with Gasteiger partial charge in [0.2, 0.25) is 0 Å². The molecule has 5 rings (SSSR count). The average Bonchev–Trinajstić information content (AvgIpc) is 3.65. The first-order valence-electron chi connectivity index (χ1n) is 9.22. The van der Waals surface area contributed by atoms with Crippen LogP contribution in [0.25, 0.3) is 22.5 Å². The monoisotopic (exact) mass is 363 g/mol. The Morgan fingerprint density at radius 2 is 1.07 bits per heavy atom. The zero-order valence-electron chi connectivity index (χ0n) is 14.9. The summed E-state index contributed by atoms with van der Waals surface area (Å²) >= 11 is 0. The maximum atomic E-state index is 5.69. The van der Waals surface area contributed by atoms with Gasteiger partial charge in [0.15, 0.2) is 0 Å². The molecular formula is C22H21NO4. The minimum absolute atomic E-state index is 0.273. The van der Waals surface area contributed by atoms with E-state index in [0.29, 0.717) is 13.2 Å². The fraction of sp³-hybridized carbons (Fsp3) is 0.273. The van der Waals surface area contributed by atoms with Crippen LogP contribution in [-0.2, 0) is 9.47 Å². The summed E-state index contributed by atoms with van der Waals surface area (Å²) in [4.78, 5) is 3.48. The molecule has 138 valence electrons. The Kier molecular flexibility index (Phi) is 4.32. The molecule has 0 amide bonds. The van der Waals surface area contributed by atoms with Crippen molar-refractivity contribution >= 4 is 0 Å². The molecule has 2 aliphatic rings. The van der Waals surface area contributed by atoms with E-state index in [-0.39, 0.29) is 12.2 Å². The van der Waals surface area contributed by atoms with E-state index in [2.05, 4.69) is 41.4 Å². The Morgan fingerprint density at radius 1 is 0.667 bits per heavy atom. The highest BCUT2D eigenvalue weighted by molar-refractivity contribution is 5.68. The minimum atomic E-state index is 0.273. The first-order valence-corrected chi connectivity index (χ1v) is 9.22. The second kappa shape index (κ2) is 7.10. The van der Waals surface area contributed by atoms with E-state index < -0.39 is 0 Å². The minimum Gasteiger partial charge on any atom is -0.491 e. The molecule has 0 spiro atoms. The van der Waals surface area contributed by atoms with Gasteiger partial charge < -0.3 is 23.9 Å². The predicted molar refractivity (Wildman–Crippen MR) is 102 cm³/mol. The van der Waals surface area contributed by atoms with Gasteiger partial charge in [-0.25, -0.2) is 0 Å². The van der Waals surface area contributed by atoms with E-state index >= 15 is 0 Å². The van der Waals surface area contributed by atoms with Crippen molar-refractivity contribution in [3.05, 3.63) is 60.7 Å². The molecule has 0 radical (unpaired) electrons. The van der Waals surface area contributed by atoms with Crippen molar-refractivity contribution in [2.75, 3.05) is 26.4 Å². The molecule has 1 aromatic heterocycles. The number of aromatic amines is 1. The Labute approximate surface area is 157 Å². The van der Waals surface area contributed by atoms with E-state index in [4.69, 9.17) is 18.9 Å². The highest BCUT2D eigenvalue weighted by atomic mass is 16.6. The van der Waals surface area contributed by atoms with Gasteiger partial charge in [-0.2, -0.15) is 0 Å². The molecule has 0 bridgehead atoms. The SMILES string of the molecule is c1cc(-c2ccc(-c3ccc(OCC4CO4)cc3)[nH]2)ccc1OCC1CO1. The third-order valence-electron chi connectivity index (χ3n) is 4.69. The first kappa shape index (κ1) is 16.4. The zero-order valence-corrected chi connectivity index (χ0v) is 14.9. The van der Waals surface area contributed by atoms with Gasteiger partial charge in [-0.05, 0) is 71.8 Å². The molecule has 2 saturated heterocycles. The third-order valence-corrected chi connectivity index (χ3v) is 4.69. The van der Waals surface area contributed by atoms with Gasteiger partial charge >= 0.3 is 0 Å². The van der Waals surface area contributed by atoms with E-state index in [9.17, 15) is 0 Å². The summed E-state index contributed by atoms with van der Waals surface area (Å²) in [6, 6.07) is 20.4. The number of benzene rings is 2. The molecule has 2 aromatic carbocycles. The maximum Gasteiger partial charge on any atom is 0.119 e. The number of aromatic nitrogens is 1. The van der Waals surface area contributed by atoms with E-state index in [0.717, 1.165) is 47.2 Å². The van der Waals surface area contributed by atoms with Crippen LogP contribution in [0.4, 0.5) is 0 Å². The third kappa shape index (κ3) is 4.15. The molecule has 1 N–H and O–H groups in total. The molecule has 5 heteroatoms. The molecule has 27 heavy (non-hydrogen) atoms. The average molecular weight is 363 g/mol. The lowest BCUT2D eigenvalue weighted by Gasteiger charge is -2.06. The first-order chi connectivity index (χ1) is 13.3. The Balaban J connectivity index is 1.24. The van der Waals surface area contributed by atoms with Crippen LogP contribution >= 0.6 is 0 Å². The standard InChI is InChI=1S/C22H21NO4/c1-5-17(24-11-19-13-26-19)6-2-15(1)21-9-10-22(23-21)16-3-7-18(8-4-16)25-12-20-14-27-20/h1-10,19-20,23H,11-14H2. The summed E-state index contributed by atoms with van der Waals surface area (Å²) in [6.45, 7) is 2.87. The van der Waals surface area contributed by atoms with E-state index in [1.165, 1.54) is 0 Å². The number of epoxide rings is 2. The van der Waals surface area contributed by atoms with Gasteiger partial charge in [0.05, 0.1) is 13.2 Å². The van der Waals surface area contributed by atoms with E-state index in [1.807, 2.05) is 24.3 Å². The quantitative estimate of drug-likeness (QED) is 0.617. The van der Waals surface area contributed by atoms with Crippen molar-refractivity contribution < 1.29 is 18.9 Å². The Morgan fingerprint density at radius 3 is 1.44 bits per heavy atom. The molecule has 0 saturated carbocycles. The highest BCUT2D eigenvalue weighted by Crippen LogP contribution is 2.27. The van der Waals surface area contributed by atoms with E-state index in [1.54, 1.807) is 0 Å². The van der Waals surface area contributed by atoms with Gasteiger partial charge in [0.1, 0.15) is 36.9 Å².